The van der Waals surface area contributed by atoms with Crippen LogP contribution in [0.4, 0.5) is 0 Å². The van der Waals surface area contributed by atoms with E-state index < -0.39 is 0 Å². The molecule has 2 aromatic rings. The molecule has 0 N–H and O–H groups in total. The van der Waals surface area contributed by atoms with E-state index >= 15 is 0 Å². The molecule has 1 aliphatic carbocycles. The molecule has 1 saturated heterocycles. The van der Waals surface area contributed by atoms with Gasteiger partial charge in [-0.05, 0) is 31.7 Å². The van der Waals surface area contributed by atoms with Crippen LogP contribution in [-0.4, -0.2) is 23.2 Å². The summed E-state index contributed by atoms with van der Waals surface area (Å²) in [6.07, 6.45) is 6.19. The maximum atomic E-state index is 6.09. The fraction of sp³-hybridized carbons (Fsp3) is 0.500. The first kappa shape index (κ1) is 14.4. The minimum atomic E-state index is 0.435. The van der Waals surface area contributed by atoms with Gasteiger partial charge in [-0.15, -0.1) is 0 Å². The molecule has 4 rings (SSSR count). The van der Waals surface area contributed by atoms with E-state index in [2.05, 4.69) is 4.98 Å². The van der Waals surface area contributed by atoms with Crippen molar-refractivity contribution in [2.24, 2.45) is 0 Å². The van der Waals surface area contributed by atoms with Gasteiger partial charge in [-0.2, -0.15) is 0 Å². The topological polar surface area (TPSA) is 44.2 Å². The van der Waals surface area contributed by atoms with Gasteiger partial charge in [0, 0.05) is 37.3 Å². The predicted octanol–water partition coefficient (Wildman–Crippen LogP) is 4.76. The summed E-state index contributed by atoms with van der Waals surface area (Å²) in [6, 6.07) is 3.57. The van der Waals surface area contributed by atoms with Gasteiger partial charge in [0.25, 0.3) is 0 Å². The molecule has 3 heterocycles. The van der Waals surface area contributed by atoms with Gasteiger partial charge in [0.05, 0.1) is 10.7 Å². The van der Waals surface area contributed by atoms with Gasteiger partial charge in [-0.3, -0.25) is 0 Å². The van der Waals surface area contributed by atoms with Gasteiger partial charge < -0.3 is 9.47 Å². The summed E-state index contributed by atoms with van der Waals surface area (Å²) in [7, 11) is 0. The number of thiazole rings is 1. The van der Waals surface area contributed by atoms with Gasteiger partial charge in [-0.25, -0.2) is 9.97 Å². The van der Waals surface area contributed by atoms with Gasteiger partial charge in [0.2, 0.25) is 5.06 Å². The molecule has 0 radical (unpaired) electrons. The number of aromatic nitrogens is 2. The number of halogens is 1. The summed E-state index contributed by atoms with van der Waals surface area (Å²) in [5.41, 5.74) is 1.10. The van der Waals surface area contributed by atoms with Crippen LogP contribution in [0.1, 0.15) is 48.2 Å². The van der Waals surface area contributed by atoms with Crippen molar-refractivity contribution in [2.75, 3.05) is 13.2 Å². The lowest BCUT2D eigenvalue weighted by Gasteiger charge is -2.21. The first-order valence-electron chi connectivity index (χ1n) is 7.67. The van der Waals surface area contributed by atoms with E-state index in [0.717, 1.165) is 42.6 Å². The average molecular weight is 337 g/mol. The molecule has 1 saturated carbocycles. The van der Waals surface area contributed by atoms with E-state index in [9.17, 15) is 0 Å². The molecule has 2 aromatic heterocycles. The Kier molecular flexibility index (Phi) is 4.03. The zero-order chi connectivity index (χ0) is 14.9. The van der Waals surface area contributed by atoms with Crippen molar-refractivity contribution < 1.29 is 9.47 Å². The van der Waals surface area contributed by atoms with Crippen LogP contribution in [-0.2, 0) is 4.74 Å². The van der Waals surface area contributed by atoms with E-state index in [1.807, 2.05) is 6.07 Å². The fourth-order valence-electron chi connectivity index (χ4n) is 2.70. The number of nitrogens with zero attached hydrogens (tertiary/aromatic N) is 2. The minimum absolute atomic E-state index is 0.435. The summed E-state index contributed by atoms with van der Waals surface area (Å²) >= 11 is 7.63. The number of hydrogen-bond acceptors (Lipinski definition) is 5. The Bertz CT molecular complexity index is 666. The van der Waals surface area contributed by atoms with E-state index in [1.165, 1.54) is 17.8 Å². The summed E-state index contributed by atoms with van der Waals surface area (Å²) < 4.78 is 11.6. The van der Waals surface area contributed by atoms with E-state index in [0.29, 0.717) is 17.0 Å². The van der Waals surface area contributed by atoms with Gasteiger partial charge in [-0.1, -0.05) is 22.9 Å². The van der Waals surface area contributed by atoms with Crippen LogP contribution in [0, 0.1) is 0 Å². The minimum Gasteiger partial charge on any atom is -0.444 e. The summed E-state index contributed by atoms with van der Waals surface area (Å²) in [6.45, 7) is 1.61. The van der Waals surface area contributed by atoms with E-state index in [4.69, 9.17) is 26.1 Å². The van der Waals surface area contributed by atoms with Crippen LogP contribution in [0.5, 0.6) is 10.8 Å². The molecule has 6 heteroatoms. The molecule has 1 aliphatic heterocycles. The first-order valence-corrected chi connectivity index (χ1v) is 8.87. The molecular formula is C16H17ClN2O2S. The molecule has 0 spiro atoms. The van der Waals surface area contributed by atoms with Crippen LogP contribution < -0.4 is 4.74 Å². The average Bonchev–Trinajstić information content (AvgIpc) is 3.30. The molecular weight excluding hydrogens is 320 g/mol. The van der Waals surface area contributed by atoms with Gasteiger partial charge in [0.15, 0.2) is 0 Å². The van der Waals surface area contributed by atoms with Crippen LogP contribution >= 0.6 is 22.9 Å². The van der Waals surface area contributed by atoms with Crippen molar-refractivity contribution in [3.8, 4) is 10.8 Å². The van der Waals surface area contributed by atoms with Crippen molar-refractivity contribution >= 4 is 22.9 Å². The van der Waals surface area contributed by atoms with Crippen molar-refractivity contribution in [1.29, 1.82) is 0 Å². The monoisotopic (exact) mass is 336 g/mol. The number of ether oxygens (including phenoxy) is 2. The Morgan fingerprint density at radius 2 is 2.00 bits per heavy atom. The molecule has 0 aromatic carbocycles. The van der Waals surface area contributed by atoms with E-state index in [-0.39, 0.29) is 0 Å². The van der Waals surface area contributed by atoms with Crippen molar-refractivity contribution in [3.63, 3.8) is 0 Å². The third-order valence-electron chi connectivity index (χ3n) is 4.08. The molecule has 4 nitrogen and oxygen atoms in total. The zero-order valence-electron chi connectivity index (χ0n) is 12.1. The van der Waals surface area contributed by atoms with Crippen molar-refractivity contribution in [2.45, 2.75) is 37.5 Å². The molecule has 2 fully saturated rings. The molecule has 116 valence electrons. The maximum absolute atomic E-state index is 6.09. The molecule has 0 unspecified atom stereocenters. The lowest BCUT2D eigenvalue weighted by molar-refractivity contribution is 0.0842. The number of pyridine rings is 1. The second-order valence-corrected chi connectivity index (χ2v) is 7.18. The van der Waals surface area contributed by atoms with Crippen LogP contribution in [0.2, 0.25) is 5.15 Å². The highest BCUT2D eigenvalue weighted by atomic mass is 35.5. The summed E-state index contributed by atoms with van der Waals surface area (Å²) in [4.78, 5) is 8.90. The molecule has 0 atom stereocenters. The summed E-state index contributed by atoms with van der Waals surface area (Å²) in [5, 5.41) is 2.57. The largest absolute Gasteiger partial charge is 0.444 e. The van der Waals surface area contributed by atoms with Gasteiger partial charge >= 0.3 is 0 Å². The molecule has 2 aliphatic rings. The first-order chi connectivity index (χ1) is 10.8. The molecule has 0 amide bonds. The van der Waals surface area contributed by atoms with E-state index in [1.54, 1.807) is 23.6 Å². The fourth-order valence-corrected chi connectivity index (χ4v) is 4.05. The molecule has 0 bridgehead atoms. The second-order valence-electron chi connectivity index (χ2n) is 5.80. The normalized spacial score (nSPS) is 19.3. The lowest BCUT2D eigenvalue weighted by atomic mass is 9.97. The third kappa shape index (κ3) is 3.12. The number of rotatable bonds is 4. The van der Waals surface area contributed by atoms with Gasteiger partial charge in [0.1, 0.15) is 10.9 Å². The highest BCUT2D eigenvalue weighted by Gasteiger charge is 2.31. The Labute approximate surface area is 138 Å². The van der Waals surface area contributed by atoms with Crippen LogP contribution in [0.3, 0.4) is 0 Å². The zero-order valence-corrected chi connectivity index (χ0v) is 13.7. The summed E-state index contributed by atoms with van der Waals surface area (Å²) in [5.74, 6) is 1.80. The second kappa shape index (κ2) is 6.14. The molecule has 22 heavy (non-hydrogen) atoms. The Morgan fingerprint density at radius 3 is 2.73 bits per heavy atom. The highest BCUT2D eigenvalue weighted by Crippen LogP contribution is 2.48. The quantitative estimate of drug-likeness (QED) is 0.755. The van der Waals surface area contributed by atoms with Crippen LogP contribution in [0.25, 0.3) is 0 Å². The Hall–Kier alpha value is -1.17. The lowest BCUT2D eigenvalue weighted by Crippen LogP contribution is -2.14. The SMILES string of the molecule is Clc1cc(Oc2sc(C3CC3)nc2C2CCOCC2)ccn1. The maximum Gasteiger partial charge on any atom is 0.204 e. The predicted molar refractivity (Wildman–Crippen MR) is 86.2 cm³/mol. The third-order valence-corrected chi connectivity index (χ3v) is 5.40. The smallest absolute Gasteiger partial charge is 0.204 e. The highest BCUT2D eigenvalue weighted by molar-refractivity contribution is 7.13. The van der Waals surface area contributed by atoms with Crippen molar-refractivity contribution in [3.05, 3.63) is 34.2 Å². The standard InChI is InChI=1S/C16H17ClN2O2S/c17-13-9-12(3-6-18-13)21-16-14(10-4-7-20-8-5-10)19-15(22-16)11-1-2-11/h3,6,9-11H,1-2,4-5,7-8H2. The Balaban J connectivity index is 1.63. The van der Waals surface area contributed by atoms with Crippen LogP contribution in [0.15, 0.2) is 18.3 Å². The number of hydrogen-bond donors (Lipinski definition) is 0. The van der Waals surface area contributed by atoms with Crippen molar-refractivity contribution in [1.82, 2.24) is 9.97 Å². The Morgan fingerprint density at radius 1 is 1.18 bits per heavy atom.